The van der Waals surface area contributed by atoms with Gasteiger partial charge in [0.2, 0.25) is 15.9 Å². The van der Waals surface area contributed by atoms with Gasteiger partial charge in [-0.1, -0.05) is 44.4 Å². The van der Waals surface area contributed by atoms with Gasteiger partial charge in [-0.25, -0.2) is 8.42 Å². The molecule has 1 aromatic rings. The summed E-state index contributed by atoms with van der Waals surface area (Å²) in [5, 5.41) is 3.26. The summed E-state index contributed by atoms with van der Waals surface area (Å²) in [6.45, 7) is 9.11. The van der Waals surface area contributed by atoms with E-state index in [1.807, 2.05) is 26.0 Å². The molecule has 0 spiro atoms. The van der Waals surface area contributed by atoms with E-state index in [0.29, 0.717) is 42.7 Å². The second kappa shape index (κ2) is 8.54. The first-order valence-corrected chi connectivity index (χ1v) is 12.0. The number of amides is 1. The summed E-state index contributed by atoms with van der Waals surface area (Å²) in [7, 11) is -3.50. The van der Waals surface area contributed by atoms with Gasteiger partial charge in [-0.15, -0.1) is 0 Å². The maximum atomic E-state index is 13.0. The van der Waals surface area contributed by atoms with Gasteiger partial charge < -0.3 is 5.32 Å². The van der Waals surface area contributed by atoms with Gasteiger partial charge in [0, 0.05) is 25.0 Å². The van der Waals surface area contributed by atoms with Crippen LogP contribution in [0.4, 0.5) is 0 Å². The summed E-state index contributed by atoms with van der Waals surface area (Å²) >= 11 is 0. The van der Waals surface area contributed by atoms with E-state index in [-0.39, 0.29) is 17.9 Å². The zero-order valence-electron chi connectivity index (χ0n) is 17.6. The molecule has 1 aliphatic heterocycles. The summed E-state index contributed by atoms with van der Waals surface area (Å²) < 4.78 is 27.6. The number of nitrogens with one attached hydrogen (secondary N) is 1. The molecule has 0 bridgehead atoms. The van der Waals surface area contributed by atoms with Crippen molar-refractivity contribution in [3.8, 4) is 0 Å². The SMILES string of the molecule is Cc1ccc(S(=O)(=O)N2CCC(C(=O)N[C@@H]3CCC[C@H](C)[C@@H]3C)CC2)c(C)c1. The quantitative estimate of drug-likeness (QED) is 0.830. The highest BCUT2D eigenvalue weighted by atomic mass is 32.2. The van der Waals surface area contributed by atoms with Crippen LogP contribution in [0.3, 0.4) is 0 Å². The van der Waals surface area contributed by atoms with Gasteiger partial charge in [0.05, 0.1) is 4.90 Å². The molecule has 28 heavy (non-hydrogen) atoms. The molecule has 0 radical (unpaired) electrons. The average molecular weight is 407 g/mol. The Labute approximate surface area is 169 Å². The highest BCUT2D eigenvalue weighted by Crippen LogP contribution is 2.31. The number of carbonyl (C=O) groups is 1. The first kappa shape index (κ1) is 21.3. The van der Waals surface area contributed by atoms with E-state index < -0.39 is 10.0 Å². The minimum atomic E-state index is -3.50. The molecule has 1 aromatic carbocycles. The molecule has 3 rings (SSSR count). The molecule has 1 N–H and O–H groups in total. The molecule has 0 aromatic heterocycles. The molecule has 2 aliphatic rings. The van der Waals surface area contributed by atoms with Crippen LogP contribution in [0.25, 0.3) is 0 Å². The molecule has 1 heterocycles. The number of piperidine rings is 1. The number of sulfonamides is 1. The van der Waals surface area contributed by atoms with Crippen LogP contribution in [0.15, 0.2) is 23.1 Å². The Bertz CT molecular complexity index is 813. The van der Waals surface area contributed by atoms with Crippen LogP contribution in [0.5, 0.6) is 0 Å². The topological polar surface area (TPSA) is 66.5 Å². The van der Waals surface area contributed by atoms with Crippen molar-refractivity contribution >= 4 is 15.9 Å². The standard InChI is InChI=1S/C22H34N2O3S/c1-15-8-9-21(17(3)14-15)28(26,27)24-12-10-19(11-13-24)22(25)23-20-7-5-6-16(2)18(20)4/h8-9,14,16,18-20H,5-7,10-13H2,1-4H3,(H,23,25)/t16-,18-,20+/m0/s1. The Hall–Kier alpha value is -1.40. The molecule has 2 fully saturated rings. The van der Waals surface area contributed by atoms with Crippen molar-refractivity contribution in [1.82, 2.24) is 9.62 Å². The summed E-state index contributed by atoms with van der Waals surface area (Å²) in [4.78, 5) is 13.1. The fraction of sp³-hybridized carbons (Fsp3) is 0.682. The van der Waals surface area contributed by atoms with E-state index in [4.69, 9.17) is 0 Å². The fourth-order valence-electron chi connectivity index (χ4n) is 4.67. The lowest BCUT2D eigenvalue weighted by atomic mass is 9.78. The van der Waals surface area contributed by atoms with Crippen LogP contribution in [-0.4, -0.2) is 37.8 Å². The lowest BCUT2D eigenvalue weighted by Crippen LogP contribution is -2.48. The first-order valence-electron chi connectivity index (χ1n) is 10.6. The zero-order valence-corrected chi connectivity index (χ0v) is 18.4. The molecule has 3 atom stereocenters. The monoisotopic (exact) mass is 406 g/mol. The van der Waals surface area contributed by atoms with Crippen LogP contribution < -0.4 is 5.32 Å². The number of rotatable bonds is 4. The summed E-state index contributed by atoms with van der Waals surface area (Å²) in [5.41, 5.74) is 1.83. The fourth-order valence-corrected chi connectivity index (χ4v) is 6.35. The van der Waals surface area contributed by atoms with Gasteiger partial charge in [-0.3, -0.25) is 4.79 Å². The lowest BCUT2D eigenvalue weighted by Gasteiger charge is -2.36. The van der Waals surface area contributed by atoms with E-state index in [1.165, 1.54) is 12.8 Å². The number of carbonyl (C=O) groups excluding carboxylic acids is 1. The second-order valence-corrected chi connectivity index (χ2v) is 10.7. The van der Waals surface area contributed by atoms with E-state index in [0.717, 1.165) is 17.5 Å². The third-order valence-electron chi connectivity index (χ3n) is 6.81. The predicted octanol–water partition coefficient (Wildman–Crippen LogP) is 3.65. The largest absolute Gasteiger partial charge is 0.353 e. The summed E-state index contributed by atoms with van der Waals surface area (Å²) in [6.07, 6.45) is 4.64. The number of hydrogen-bond donors (Lipinski definition) is 1. The van der Waals surface area contributed by atoms with Gasteiger partial charge >= 0.3 is 0 Å². The molecule has 1 aliphatic carbocycles. The van der Waals surface area contributed by atoms with Crippen LogP contribution in [-0.2, 0) is 14.8 Å². The normalized spacial score (nSPS) is 27.5. The molecule has 6 heteroatoms. The van der Waals surface area contributed by atoms with Crippen LogP contribution in [0.1, 0.15) is 57.1 Å². The van der Waals surface area contributed by atoms with Gasteiger partial charge in [-0.2, -0.15) is 4.31 Å². The second-order valence-electron chi connectivity index (χ2n) is 8.83. The average Bonchev–Trinajstić information content (AvgIpc) is 2.65. The Balaban J connectivity index is 1.60. The van der Waals surface area contributed by atoms with Gasteiger partial charge in [0.1, 0.15) is 0 Å². The third kappa shape index (κ3) is 4.43. The number of aryl methyl sites for hydroxylation is 2. The smallest absolute Gasteiger partial charge is 0.243 e. The van der Waals surface area contributed by atoms with Crippen LogP contribution >= 0.6 is 0 Å². The van der Waals surface area contributed by atoms with Crippen molar-refractivity contribution in [1.29, 1.82) is 0 Å². The number of nitrogens with zero attached hydrogens (tertiary/aromatic N) is 1. The molecular formula is C22H34N2O3S. The van der Waals surface area contributed by atoms with Crippen molar-refractivity contribution in [2.45, 2.75) is 70.7 Å². The molecule has 0 unspecified atom stereocenters. The van der Waals surface area contributed by atoms with Crippen molar-refractivity contribution in [2.75, 3.05) is 13.1 Å². The van der Waals surface area contributed by atoms with Gasteiger partial charge in [-0.05, 0) is 56.6 Å². The first-order chi connectivity index (χ1) is 13.2. The Morgan fingerprint density at radius 1 is 1.07 bits per heavy atom. The van der Waals surface area contributed by atoms with E-state index in [1.54, 1.807) is 10.4 Å². The molecular weight excluding hydrogens is 372 g/mol. The molecule has 5 nitrogen and oxygen atoms in total. The van der Waals surface area contributed by atoms with Crippen LogP contribution in [0, 0.1) is 31.6 Å². The minimum absolute atomic E-state index is 0.0880. The molecule has 1 amide bonds. The van der Waals surface area contributed by atoms with Crippen molar-refractivity contribution in [3.63, 3.8) is 0 Å². The highest BCUT2D eigenvalue weighted by molar-refractivity contribution is 7.89. The Morgan fingerprint density at radius 3 is 2.39 bits per heavy atom. The maximum absolute atomic E-state index is 13.0. The summed E-state index contributed by atoms with van der Waals surface area (Å²) in [5.74, 6) is 1.16. The van der Waals surface area contributed by atoms with Crippen molar-refractivity contribution < 1.29 is 13.2 Å². The maximum Gasteiger partial charge on any atom is 0.243 e. The van der Waals surface area contributed by atoms with Crippen molar-refractivity contribution in [3.05, 3.63) is 29.3 Å². The lowest BCUT2D eigenvalue weighted by molar-refractivity contribution is -0.127. The van der Waals surface area contributed by atoms with E-state index in [9.17, 15) is 13.2 Å². The minimum Gasteiger partial charge on any atom is -0.353 e. The number of hydrogen-bond acceptors (Lipinski definition) is 3. The Morgan fingerprint density at radius 2 is 1.75 bits per heavy atom. The van der Waals surface area contributed by atoms with Gasteiger partial charge in [0.15, 0.2) is 0 Å². The predicted molar refractivity (Wildman–Crippen MR) is 112 cm³/mol. The van der Waals surface area contributed by atoms with E-state index >= 15 is 0 Å². The van der Waals surface area contributed by atoms with Gasteiger partial charge in [0.25, 0.3) is 0 Å². The third-order valence-corrected chi connectivity index (χ3v) is 8.87. The number of benzene rings is 1. The Kier molecular flexibility index (Phi) is 6.50. The van der Waals surface area contributed by atoms with Crippen molar-refractivity contribution in [2.24, 2.45) is 17.8 Å². The molecule has 1 saturated heterocycles. The molecule has 1 saturated carbocycles. The zero-order chi connectivity index (χ0) is 20.5. The molecule has 156 valence electrons. The summed E-state index contributed by atoms with van der Waals surface area (Å²) in [6, 6.07) is 5.70. The highest BCUT2D eigenvalue weighted by Gasteiger charge is 2.35. The van der Waals surface area contributed by atoms with Crippen LogP contribution in [0.2, 0.25) is 0 Å². The van der Waals surface area contributed by atoms with E-state index in [2.05, 4.69) is 19.2 Å².